The zero-order chi connectivity index (χ0) is 14.6. The zero-order valence-corrected chi connectivity index (χ0v) is 12.0. The number of aliphatic hydroxyl groups is 1. The number of benzene rings is 1. The molecule has 19 heavy (non-hydrogen) atoms. The number of aliphatic hydroxyl groups excluding tert-OH is 1. The Kier molecular flexibility index (Phi) is 5.17. The molecule has 5 nitrogen and oxygen atoms in total. The highest BCUT2D eigenvalue weighted by Gasteiger charge is 2.17. The van der Waals surface area contributed by atoms with Crippen molar-refractivity contribution < 1.29 is 14.6 Å². The number of nitrogens with one attached hydrogen (secondary N) is 1. The molecule has 1 atom stereocenters. The van der Waals surface area contributed by atoms with Gasteiger partial charge in [0.25, 0.3) is 0 Å². The number of rotatable bonds is 3. The van der Waals surface area contributed by atoms with Gasteiger partial charge in [0.2, 0.25) is 0 Å². The van der Waals surface area contributed by atoms with Gasteiger partial charge in [0.1, 0.15) is 5.60 Å². The normalized spacial score (nSPS) is 12.9. The molecule has 0 aliphatic rings. The SMILES string of the molecule is CC(C)(C)OC(=O)Nc1ccc(Cl)c(C(N)CO)c1. The third-order valence-electron chi connectivity index (χ3n) is 2.24. The fourth-order valence-electron chi connectivity index (χ4n) is 1.43. The average Bonchev–Trinajstić information content (AvgIpc) is 2.28. The summed E-state index contributed by atoms with van der Waals surface area (Å²) in [6, 6.07) is 4.28. The predicted octanol–water partition coefficient (Wildman–Crippen LogP) is 2.68. The van der Waals surface area contributed by atoms with Gasteiger partial charge in [-0.1, -0.05) is 11.6 Å². The molecule has 0 saturated heterocycles. The van der Waals surface area contributed by atoms with E-state index in [4.69, 9.17) is 27.2 Å². The first-order chi connectivity index (χ1) is 8.73. The van der Waals surface area contributed by atoms with Gasteiger partial charge in [0.05, 0.1) is 12.6 Å². The van der Waals surface area contributed by atoms with E-state index in [0.717, 1.165) is 0 Å². The number of halogens is 1. The van der Waals surface area contributed by atoms with Crippen LogP contribution >= 0.6 is 11.6 Å². The Morgan fingerprint density at radius 2 is 2.16 bits per heavy atom. The number of hydrogen-bond acceptors (Lipinski definition) is 4. The molecular formula is C13H19ClN2O3. The minimum absolute atomic E-state index is 0.227. The first kappa shape index (κ1) is 15.8. The van der Waals surface area contributed by atoms with Crippen molar-refractivity contribution in [2.75, 3.05) is 11.9 Å². The maximum Gasteiger partial charge on any atom is 0.412 e. The van der Waals surface area contributed by atoms with E-state index in [0.29, 0.717) is 16.3 Å². The lowest BCUT2D eigenvalue weighted by molar-refractivity contribution is 0.0636. The quantitative estimate of drug-likeness (QED) is 0.797. The van der Waals surface area contributed by atoms with Crippen LogP contribution in [0.1, 0.15) is 32.4 Å². The molecule has 4 N–H and O–H groups in total. The molecule has 0 spiro atoms. The van der Waals surface area contributed by atoms with Crippen molar-refractivity contribution in [3.63, 3.8) is 0 Å². The van der Waals surface area contributed by atoms with Crippen LogP contribution in [-0.4, -0.2) is 23.4 Å². The topological polar surface area (TPSA) is 84.6 Å². The minimum atomic E-state index is -0.590. The van der Waals surface area contributed by atoms with Gasteiger partial charge < -0.3 is 15.6 Å². The van der Waals surface area contributed by atoms with E-state index in [1.807, 2.05) is 0 Å². The fraction of sp³-hybridized carbons (Fsp3) is 0.462. The van der Waals surface area contributed by atoms with Gasteiger partial charge in [0, 0.05) is 10.7 Å². The van der Waals surface area contributed by atoms with Crippen LogP contribution < -0.4 is 11.1 Å². The highest BCUT2D eigenvalue weighted by molar-refractivity contribution is 6.31. The molecule has 0 radical (unpaired) electrons. The number of carbonyl (C=O) groups is 1. The van der Waals surface area contributed by atoms with Gasteiger partial charge in [-0.15, -0.1) is 0 Å². The van der Waals surface area contributed by atoms with E-state index in [9.17, 15) is 4.79 Å². The van der Waals surface area contributed by atoms with E-state index >= 15 is 0 Å². The molecule has 1 amide bonds. The highest BCUT2D eigenvalue weighted by Crippen LogP contribution is 2.25. The first-order valence-corrected chi connectivity index (χ1v) is 6.26. The van der Waals surface area contributed by atoms with E-state index in [2.05, 4.69) is 5.32 Å². The first-order valence-electron chi connectivity index (χ1n) is 5.89. The van der Waals surface area contributed by atoms with Crippen LogP contribution in [0.2, 0.25) is 5.02 Å². The number of ether oxygens (including phenoxy) is 1. The van der Waals surface area contributed by atoms with E-state index in [1.54, 1.807) is 39.0 Å². The summed E-state index contributed by atoms with van der Waals surface area (Å²) in [6.07, 6.45) is -0.557. The van der Waals surface area contributed by atoms with Crippen LogP contribution in [0, 0.1) is 0 Å². The van der Waals surface area contributed by atoms with Crippen molar-refractivity contribution >= 4 is 23.4 Å². The Morgan fingerprint density at radius 3 is 2.68 bits per heavy atom. The fourth-order valence-corrected chi connectivity index (χ4v) is 1.68. The highest BCUT2D eigenvalue weighted by atomic mass is 35.5. The van der Waals surface area contributed by atoms with Crippen LogP contribution in [0.15, 0.2) is 18.2 Å². The lowest BCUT2D eigenvalue weighted by atomic mass is 10.1. The standard InChI is InChI=1S/C13H19ClN2O3/c1-13(2,3)19-12(18)16-8-4-5-10(14)9(6-8)11(15)7-17/h4-6,11,17H,7,15H2,1-3H3,(H,16,18). The van der Waals surface area contributed by atoms with Crippen molar-refractivity contribution in [1.29, 1.82) is 0 Å². The third kappa shape index (κ3) is 5.06. The van der Waals surface area contributed by atoms with E-state index < -0.39 is 17.7 Å². The number of anilines is 1. The van der Waals surface area contributed by atoms with Crippen LogP contribution in [0.5, 0.6) is 0 Å². The third-order valence-corrected chi connectivity index (χ3v) is 2.58. The number of amides is 1. The summed E-state index contributed by atoms with van der Waals surface area (Å²) in [5.41, 5.74) is 6.23. The van der Waals surface area contributed by atoms with Crippen molar-refractivity contribution in [3.8, 4) is 0 Å². The second-order valence-electron chi connectivity index (χ2n) is 5.15. The number of carbonyl (C=O) groups excluding carboxylic acids is 1. The molecule has 0 heterocycles. The zero-order valence-electron chi connectivity index (χ0n) is 11.2. The molecule has 106 valence electrons. The van der Waals surface area contributed by atoms with Crippen molar-refractivity contribution in [2.24, 2.45) is 5.73 Å². The van der Waals surface area contributed by atoms with Crippen molar-refractivity contribution in [2.45, 2.75) is 32.4 Å². The lowest BCUT2D eigenvalue weighted by Crippen LogP contribution is -2.27. The van der Waals surface area contributed by atoms with Gasteiger partial charge in [-0.2, -0.15) is 0 Å². The summed E-state index contributed by atoms with van der Waals surface area (Å²) in [5, 5.41) is 12.1. The summed E-state index contributed by atoms with van der Waals surface area (Å²) in [4.78, 5) is 11.6. The molecular weight excluding hydrogens is 268 g/mol. The number of hydrogen-bond donors (Lipinski definition) is 3. The number of nitrogens with two attached hydrogens (primary N) is 1. The largest absolute Gasteiger partial charge is 0.444 e. The Hall–Kier alpha value is -1.30. The molecule has 0 aliphatic carbocycles. The molecule has 1 aromatic rings. The maximum atomic E-state index is 11.6. The van der Waals surface area contributed by atoms with Crippen LogP contribution in [0.4, 0.5) is 10.5 Å². The maximum absolute atomic E-state index is 11.6. The van der Waals surface area contributed by atoms with E-state index in [1.165, 1.54) is 0 Å². The van der Waals surface area contributed by atoms with Gasteiger partial charge in [0.15, 0.2) is 0 Å². The molecule has 0 bridgehead atoms. The van der Waals surface area contributed by atoms with Gasteiger partial charge >= 0.3 is 6.09 Å². The molecule has 0 saturated carbocycles. The van der Waals surface area contributed by atoms with Crippen molar-refractivity contribution in [1.82, 2.24) is 0 Å². The summed E-state index contributed by atoms with van der Waals surface area (Å²) in [7, 11) is 0. The Balaban J connectivity index is 2.83. The Bertz CT molecular complexity index is 458. The monoisotopic (exact) mass is 286 g/mol. The molecule has 0 fully saturated rings. The van der Waals surface area contributed by atoms with E-state index in [-0.39, 0.29) is 6.61 Å². The predicted molar refractivity (Wildman–Crippen MR) is 75.3 cm³/mol. The van der Waals surface area contributed by atoms with Gasteiger partial charge in [-0.05, 0) is 44.5 Å². The lowest BCUT2D eigenvalue weighted by Gasteiger charge is -2.20. The van der Waals surface area contributed by atoms with Gasteiger partial charge in [-0.25, -0.2) is 4.79 Å². The van der Waals surface area contributed by atoms with Crippen LogP contribution in [0.3, 0.4) is 0 Å². The van der Waals surface area contributed by atoms with Crippen LogP contribution in [-0.2, 0) is 4.74 Å². The van der Waals surface area contributed by atoms with Crippen molar-refractivity contribution in [3.05, 3.63) is 28.8 Å². The molecule has 0 aliphatic heterocycles. The molecule has 1 unspecified atom stereocenters. The Morgan fingerprint density at radius 1 is 1.53 bits per heavy atom. The Labute approximate surface area is 117 Å². The minimum Gasteiger partial charge on any atom is -0.444 e. The molecule has 1 aromatic carbocycles. The molecule has 6 heteroatoms. The molecule has 0 aromatic heterocycles. The summed E-state index contributed by atoms with van der Waals surface area (Å²) in [6.45, 7) is 5.11. The van der Waals surface area contributed by atoms with Gasteiger partial charge in [-0.3, -0.25) is 5.32 Å². The molecule has 1 rings (SSSR count). The summed E-state index contributed by atoms with van der Waals surface area (Å²) in [5.74, 6) is 0. The summed E-state index contributed by atoms with van der Waals surface area (Å²) >= 11 is 5.98. The van der Waals surface area contributed by atoms with Crippen LogP contribution in [0.25, 0.3) is 0 Å². The summed E-state index contributed by atoms with van der Waals surface area (Å²) < 4.78 is 5.13. The second kappa shape index (κ2) is 6.23. The smallest absolute Gasteiger partial charge is 0.412 e. The average molecular weight is 287 g/mol. The second-order valence-corrected chi connectivity index (χ2v) is 5.56.